The van der Waals surface area contributed by atoms with Crippen molar-refractivity contribution < 1.29 is 9.21 Å². The van der Waals surface area contributed by atoms with Gasteiger partial charge in [0.15, 0.2) is 0 Å². The predicted octanol–water partition coefficient (Wildman–Crippen LogP) is 2.98. The Labute approximate surface area is 106 Å². The number of hydrogen-bond acceptors (Lipinski definition) is 3. The lowest BCUT2D eigenvalue weighted by Gasteiger charge is -2.09. The Morgan fingerprint density at radius 2 is 2.17 bits per heavy atom. The Morgan fingerprint density at radius 3 is 2.89 bits per heavy atom. The van der Waals surface area contributed by atoms with Crippen LogP contribution in [-0.4, -0.2) is 5.91 Å². The van der Waals surface area contributed by atoms with E-state index >= 15 is 0 Å². The summed E-state index contributed by atoms with van der Waals surface area (Å²) >= 11 is 0. The summed E-state index contributed by atoms with van der Waals surface area (Å²) in [4.78, 5) is 12.1. The second-order valence-electron chi connectivity index (χ2n) is 4.08. The third-order valence-corrected chi connectivity index (χ3v) is 2.94. The maximum Gasteiger partial charge on any atom is 0.259 e. The molecule has 0 saturated heterocycles. The van der Waals surface area contributed by atoms with Crippen LogP contribution >= 0.6 is 0 Å². The molecular weight excluding hydrogens is 228 g/mol. The van der Waals surface area contributed by atoms with Gasteiger partial charge in [0.1, 0.15) is 5.76 Å². The number of rotatable bonds is 3. The van der Waals surface area contributed by atoms with Crippen LogP contribution in [0.2, 0.25) is 0 Å². The Hall–Kier alpha value is -2.23. The molecule has 1 amide bonds. The molecule has 0 spiro atoms. The van der Waals surface area contributed by atoms with Crippen LogP contribution in [0.25, 0.3) is 0 Å². The monoisotopic (exact) mass is 244 g/mol. The fourth-order valence-electron chi connectivity index (χ4n) is 1.80. The van der Waals surface area contributed by atoms with Crippen LogP contribution in [0.5, 0.6) is 0 Å². The first-order valence-electron chi connectivity index (χ1n) is 5.86. The fraction of sp³-hybridized carbons (Fsp3) is 0.214. The van der Waals surface area contributed by atoms with Gasteiger partial charge in [0.25, 0.3) is 5.91 Å². The molecule has 0 fully saturated rings. The van der Waals surface area contributed by atoms with E-state index in [0.717, 1.165) is 11.3 Å². The molecule has 2 rings (SSSR count). The van der Waals surface area contributed by atoms with Crippen molar-refractivity contribution in [2.75, 3.05) is 11.1 Å². The van der Waals surface area contributed by atoms with E-state index in [1.165, 1.54) is 6.26 Å². The second kappa shape index (κ2) is 4.96. The van der Waals surface area contributed by atoms with E-state index in [2.05, 4.69) is 5.32 Å². The van der Waals surface area contributed by atoms with Gasteiger partial charge in [-0.15, -0.1) is 0 Å². The third-order valence-electron chi connectivity index (χ3n) is 2.94. The Bertz CT molecular complexity index is 573. The standard InChI is InChI=1S/C14H16N2O2/c1-3-13-10(7-8-18-13)14(17)16-12-6-4-5-11(15)9(12)2/h4-8H,3,15H2,1-2H3,(H,16,17). The summed E-state index contributed by atoms with van der Waals surface area (Å²) in [7, 11) is 0. The number of amides is 1. The molecule has 0 aliphatic carbocycles. The van der Waals surface area contributed by atoms with Crippen molar-refractivity contribution in [2.45, 2.75) is 20.3 Å². The van der Waals surface area contributed by atoms with Crippen molar-refractivity contribution in [3.8, 4) is 0 Å². The van der Waals surface area contributed by atoms with Gasteiger partial charge in [0.05, 0.1) is 11.8 Å². The number of carbonyl (C=O) groups is 1. The highest BCUT2D eigenvalue weighted by molar-refractivity contribution is 6.05. The molecule has 3 N–H and O–H groups in total. The van der Waals surface area contributed by atoms with E-state index < -0.39 is 0 Å². The Balaban J connectivity index is 2.24. The van der Waals surface area contributed by atoms with Crippen LogP contribution in [0.3, 0.4) is 0 Å². The number of nitrogens with two attached hydrogens (primary N) is 1. The molecule has 1 aromatic heterocycles. The molecule has 0 radical (unpaired) electrons. The van der Waals surface area contributed by atoms with Crippen molar-refractivity contribution >= 4 is 17.3 Å². The minimum Gasteiger partial charge on any atom is -0.469 e. The molecule has 0 saturated carbocycles. The van der Waals surface area contributed by atoms with E-state index in [1.807, 2.05) is 26.0 Å². The van der Waals surface area contributed by atoms with Crippen LogP contribution in [0.4, 0.5) is 11.4 Å². The van der Waals surface area contributed by atoms with Crippen LogP contribution in [0.1, 0.15) is 28.6 Å². The zero-order valence-corrected chi connectivity index (χ0v) is 10.5. The first-order valence-corrected chi connectivity index (χ1v) is 5.86. The number of hydrogen-bond donors (Lipinski definition) is 2. The molecule has 1 heterocycles. The van der Waals surface area contributed by atoms with Crippen LogP contribution < -0.4 is 11.1 Å². The minimum absolute atomic E-state index is 0.172. The first-order chi connectivity index (χ1) is 8.63. The van der Waals surface area contributed by atoms with E-state index in [9.17, 15) is 4.79 Å². The van der Waals surface area contributed by atoms with Crippen LogP contribution in [0.15, 0.2) is 34.9 Å². The lowest BCUT2D eigenvalue weighted by atomic mass is 10.1. The number of benzene rings is 1. The molecular formula is C14H16N2O2. The summed E-state index contributed by atoms with van der Waals surface area (Å²) in [6, 6.07) is 7.12. The highest BCUT2D eigenvalue weighted by Crippen LogP contribution is 2.22. The van der Waals surface area contributed by atoms with Gasteiger partial charge in [-0.25, -0.2) is 0 Å². The van der Waals surface area contributed by atoms with Gasteiger partial charge < -0.3 is 15.5 Å². The van der Waals surface area contributed by atoms with Gasteiger partial charge in [0, 0.05) is 17.8 Å². The molecule has 2 aromatic rings. The van der Waals surface area contributed by atoms with Crippen LogP contribution in [-0.2, 0) is 6.42 Å². The number of carbonyl (C=O) groups excluding carboxylic acids is 1. The number of furan rings is 1. The van der Waals surface area contributed by atoms with Crippen molar-refractivity contribution in [1.29, 1.82) is 0 Å². The molecule has 0 unspecified atom stereocenters. The Kier molecular flexibility index (Phi) is 3.37. The normalized spacial score (nSPS) is 10.3. The minimum atomic E-state index is -0.172. The van der Waals surface area contributed by atoms with Gasteiger partial charge in [-0.05, 0) is 30.7 Å². The molecule has 94 valence electrons. The van der Waals surface area contributed by atoms with Crippen molar-refractivity contribution in [3.63, 3.8) is 0 Å². The number of nitrogens with one attached hydrogen (secondary N) is 1. The molecule has 0 atom stereocenters. The van der Waals surface area contributed by atoms with Crippen molar-refractivity contribution in [3.05, 3.63) is 47.4 Å². The molecule has 0 aliphatic rings. The van der Waals surface area contributed by atoms with Crippen molar-refractivity contribution in [2.24, 2.45) is 0 Å². The largest absolute Gasteiger partial charge is 0.469 e. The molecule has 4 heteroatoms. The van der Waals surface area contributed by atoms with Gasteiger partial charge >= 0.3 is 0 Å². The first kappa shape index (κ1) is 12.2. The van der Waals surface area contributed by atoms with E-state index in [0.29, 0.717) is 23.4 Å². The summed E-state index contributed by atoms with van der Waals surface area (Å²) < 4.78 is 5.24. The smallest absolute Gasteiger partial charge is 0.259 e. The second-order valence-corrected chi connectivity index (χ2v) is 4.08. The fourth-order valence-corrected chi connectivity index (χ4v) is 1.80. The average Bonchev–Trinajstić information content (AvgIpc) is 2.83. The molecule has 0 aliphatic heterocycles. The van der Waals surface area contributed by atoms with Crippen molar-refractivity contribution in [1.82, 2.24) is 0 Å². The number of nitrogen functional groups attached to an aromatic ring is 1. The maximum absolute atomic E-state index is 12.1. The summed E-state index contributed by atoms with van der Waals surface area (Å²) in [6.07, 6.45) is 2.21. The number of aryl methyl sites for hydroxylation is 1. The average molecular weight is 244 g/mol. The molecule has 0 bridgehead atoms. The van der Waals surface area contributed by atoms with Gasteiger partial charge in [-0.1, -0.05) is 13.0 Å². The SMILES string of the molecule is CCc1occc1C(=O)Nc1cccc(N)c1C. The van der Waals surface area contributed by atoms with Gasteiger partial charge in [0.2, 0.25) is 0 Å². The van der Waals surface area contributed by atoms with Gasteiger partial charge in [-0.3, -0.25) is 4.79 Å². The maximum atomic E-state index is 12.1. The summed E-state index contributed by atoms with van der Waals surface area (Å²) in [5.74, 6) is 0.517. The zero-order chi connectivity index (χ0) is 13.1. The summed E-state index contributed by atoms with van der Waals surface area (Å²) in [5.41, 5.74) is 8.63. The van der Waals surface area contributed by atoms with Gasteiger partial charge in [-0.2, -0.15) is 0 Å². The summed E-state index contributed by atoms with van der Waals surface area (Å²) in [6.45, 7) is 3.82. The van der Waals surface area contributed by atoms with E-state index in [1.54, 1.807) is 12.1 Å². The quantitative estimate of drug-likeness (QED) is 0.815. The number of anilines is 2. The molecule has 4 nitrogen and oxygen atoms in total. The zero-order valence-electron chi connectivity index (χ0n) is 10.5. The van der Waals surface area contributed by atoms with E-state index in [4.69, 9.17) is 10.2 Å². The molecule has 1 aromatic carbocycles. The van der Waals surface area contributed by atoms with E-state index in [-0.39, 0.29) is 5.91 Å². The van der Waals surface area contributed by atoms with Crippen LogP contribution in [0, 0.1) is 6.92 Å². The highest BCUT2D eigenvalue weighted by Gasteiger charge is 2.14. The Morgan fingerprint density at radius 1 is 1.39 bits per heavy atom. The lowest BCUT2D eigenvalue weighted by Crippen LogP contribution is -2.14. The molecule has 18 heavy (non-hydrogen) atoms. The summed E-state index contributed by atoms with van der Waals surface area (Å²) in [5, 5.41) is 2.85. The lowest BCUT2D eigenvalue weighted by molar-refractivity contribution is 0.102. The highest BCUT2D eigenvalue weighted by atomic mass is 16.3. The topological polar surface area (TPSA) is 68.3 Å². The third kappa shape index (κ3) is 2.22. The predicted molar refractivity (Wildman–Crippen MR) is 71.6 cm³/mol.